The minimum Gasteiger partial charge on any atom is -0.375 e. The minimum absolute atomic E-state index is 0.0901. The fourth-order valence-corrected chi connectivity index (χ4v) is 2.01. The van der Waals surface area contributed by atoms with Crippen molar-refractivity contribution >= 4 is 17.3 Å². The van der Waals surface area contributed by atoms with Crippen LogP contribution < -0.4 is 11.1 Å². The summed E-state index contributed by atoms with van der Waals surface area (Å²) in [6, 6.07) is 11.8. The Balaban J connectivity index is 2.26. The van der Waals surface area contributed by atoms with Crippen LogP contribution in [0.15, 0.2) is 42.5 Å². The number of amides is 1. The number of hydrogen-bond donors (Lipinski definition) is 2. The number of nitrogens with two attached hydrogens (primary N) is 1. The van der Waals surface area contributed by atoms with E-state index in [4.69, 9.17) is 5.73 Å². The molecule has 0 unspecified atom stereocenters. The van der Waals surface area contributed by atoms with Crippen LogP contribution in [0.25, 0.3) is 0 Å². The van der Waals surface area contributed by atoms with Gasteiger partial charge in [-0.1, -0.05) is 29.8 Å². The van der Waals surface area contributed by atoms with Crippen molar-refractivity contribution in [1.82, 2.24) is 0 Å². The molecule has 2 rings (SSSR count). The maximum atomic E-state index is 11.2. The van der Waals surface area contributed by atoms with Gasteiger partial charge >= 0.3 is 0 Å². The summed E-state index contributed by atoms with van der Waals surface area (Å²) in [5.74, 6) is -0.622. The number of primary amides is 1. The summed E-state index contributed by atoms with van der Waals surface area (Å²) in [6.45, 7) is 2.39. The lowest BCUT2D eigenvalue weighted by molar-refractivity contribution is -0.384. The number of nitrogens with zero attached hydrogens (tertiary/aromatic N) is 1. The first-order valence-corrected chi connectivity index (χ1v) is 6.35. The van der Waals surface area contributed by atoms with E-state index in [1.165, 1.54) is 18.2 Å². The molecule has 6 heteroatoms. The molecule has 0 aromatic heterocycles. The number of nitro benzene ring substituents is 1. The van der Waals surface area contributed by atoms with Crippen LogP contribution in [0.1, 0.15) is 21.5 Å². The van der Waals surface area contributed by atoms with E-state index in [2.05, 4.69) is 5.32 Å². The molecular weight excluding hydrogens is 270 g/mol. The Morgan fingerprint density at radius 2 is 2.05 bits per heavy atom. The van der Waals surface area contributed by atoms with Gasteiger partial charge in [-0.25, -0.2) is 0 Å². The normalized spacial score (nSPS) is 10.1. The van der Waals surface area contributed by atoms with E-state index in [0.717, 1.165) is 11.1 Å². The SMILES string of the molecule is Cc1cccc(CNc2cc(C(N)=O)ccc2[N+](=O)[O-])c1. The first kappa shape index (κ1) is 14.5. The Labute approximate surface area is 121 Å². The average molecular weight is 285 g/mol. The summed E-state index contributed by atoms with van der Waals surface area (Å²) in [7, 11) is 0. The highest BCUT2D eigenvalue weighted by Gasteiger charge is 2.15. The van der Waals surface area contributed by atoms with Crippen molar-refractivity contribution < 1.29 is 9.72 Å². The molecule has 2 aromatic carbocycles. The summed E-state index contributed by atoms with van der Waals surface area (Å²) < 4.78 is 0. The zero-order valence-corrected chi connectivity index (χ0v) is 11.5. The van der Waals surface area contributed by atoms with Gasteiger partial charge in [0, 0.05) is 18.2 Å². The van der Waals surface area contributed by atoms with Crippen molar-refractivity contribution in [3.05, 3.63) is 69.3 Å². The van der Waals surface area contributed by atoms with Crippen LogP contribution in [0, 0.1) is 17.0 Å². The number of aryl methyl sites for hydroxylation is 1. The molecule has 0 saturated heterocycles. The van der Waals surface area contributed by atoms with Gasteiger partial charge in [-0.15, -0.1) is 0 Å². The first-order chi connectivity index (χ1) is 9.97. The largest absolute Gasteiger partial charge is 0.375 e. The van der Waals surface area contributed by atoms with Gasteiger partial charge in [-0.3, -0.25) is 14.9 Å². The molecule has 0 radical (unpaired) electrons. The Hall–Kier alpha value is -2.89. The number of nitro groups is 1. The molecule has 6 nitrogen and oxygen atoms in total. The second kappa shape index (κ2) is 6.04. The molecular formula is C15H15N3O3. The van der Waals surface area contributed by atoms with Crippen LogP contribution in [-0.4, -0.2) is 10.8 Å². The second-order valence-corrected chi connectivity index (χ2v) is 4.70. The average Bonchev–Trinajstić information content (AvgIpc) is 2.44. The van der Waals surface area contributed by atoms with Gasteiger partial charge in [0.15, 0.2) is 0 Å². The van der Waals surface area contributed by atoms with E-state index >= 15 is 0 Å². The van der Waals surface area contributed by atoms with E-state index in [1.807, 2.05) is 31.2 Å². The smallest absolute Gasteiger partial charge is 0.292 e. The van der Waals surface area contributed by atoms with Gasteiger partial charge in [-0.05, 0) is 24.6 Å². The molecule has 0 atom stereocenters. The topological polar surface area (TPSA) is 98.3 Å². The van der Waals surface area contributed by atoms with Crippen LogP contribution >= 0.6 is 0 Å². The summed E-state index contributed by atoms with van der Waals surface area (Å²) in [5.41, 5.74) is 7.71. The molecule has 3 N–H and O–H groups in total. The van der Waals surface area contributed by atoms with Crippen LogP contribution in [0.4, 0.5) is 11.4 Å². The second-order valence-electron chi connectivity index (χ2n) is 4.70. The molecule has 1 amide bonds. The van der Waals surface area contributed by atoms with Crippen molar-refractivity contribution in [1.29, 1.82) is 0 Å². The van der Waals surface area contributed by atoms with Crippen molar-refractivity contribution in [3.8, 4) is 0 Å². The first-order valence-electron chi connectivity index (χ1n) is 6.35. The summed E-state index contributed by atoms with van der Waals surface area (Å²) in [4.78, 5) is 21.7. The molecule has 108 valence electrons. The highest BCUT2D eigenvalue weighted by atomic mass is 16.6. The van der Waals surface area contributed by atoms with Crippen molar-refractivity contribution in [2.75, 3.05) is 5.32 Å². The Kier molecular flexibility index (Phi) is 4.18. The van der Waals surface area contributed by atoms with E-state index in [1.54, 1.807) is 0 Å². The third-order valence-electron chi connectivity index (χ3n) is 3.04. The van der Waals surface area contributed by atoms with Crippen LogP contribution in [0.2, 0.25) is 0 Å². The molecule has 2 aromatic rings. The molecule has 0 aliphatic carbocycles. The van der Waals surface area contributed by atoms with E-state index in [0.29, 0.717) is 6.54 Å². The van der Waals surface area contributed by atoms with Crippen LogP contribution in [0.5, 0.6) is 0 Å². The molecule has 0 spiro atoms. The lowest BCUT2D eigenvalue weighted by atomic mass is 10.1. The zero-order chi connectivity index (χ0) is 15.4. The predicted octanol–water partition coefficient (Wildman–Crippen LogP) is 2.61. The van der Waals surface area contributed by atoms with Crippen LogP contribution in [-0.2, 0) is 6.54 Å². The van der Waals surface area contributed by atoms with Crippen molar-refractivity contribution in [2.45, 2.75) is 13.5 Å². The van der Waals surface area contributed by atoms with Crippen molar-refractivity contribution in [3.63, 3.8) is 0 Å². The number of rotatable bonds is 5. The van der Waals surface area contributed by atoms with Gasteiger partial charge in [-0.2, -0.15) is 0 Å². The third kappa shape index (κ3) is 3.56. The molecule has 0 saturated carbocycles. The lowest BCUT2D eigenvalue weighted by Gasteiger charge is -2.09. The Morgan fingerprint density at radius 1 is 1.29 bits per heavy atom. The zero-order valence-electron chi connectivity index (χ0n) is 11.5. The van der Waals surface area contributed by atoms with E-state index in [9.17, 15) is 14.9 Å². The number of carbonyl (C=O) groups excluding carboxylic acids is 1. The van der Waals surface area contributed by atoms with E-state index < -0.39 is 10.8 Å². The number of anilines is 1. The maximum Gasteiger partial charge on any atom is 0.292 e. The molecule has 21 heavy (non-hydrogen) atoms. The van der Waals surface area contributed by atoms with Crippen LogP contribution in [0.3, 0.4) is 0 Å². The number of hydrogen-bond acceptors (Lipinski definition) is 4. The summed E-state index contributed by atoms with van der Waals surface area (Å²) in [6.07, 6.45) is 0. The highest BCUT2D eigenvalue weighted by molar-refractivity contribution is 5.94. The Bertz CT molecular complexity index is 698. The standard InChI is InChI=1S/C15H15N3O3/c1-10-3-2-4-11(7-10)9-17-13-8-12(15(16)19)5-6-14(13)18(20)21/h2-8,17H,9H2,1H3,(H2,16,19). The monoisotopic (exact) mass is 285 g/mol. The van der Waals surface area contributed by atoms with Crippen molar-refractivity contribution in [2.24, 2.45) is 5.73 Å². The third-order valence-corrected chi connectivity index (χ3v) is 3.04. The molecule has 0 bridgehead atoms. The molecule has 0 aliphatic rings. The summed E-state index contributed by atoms with van der Waals surface area (Å²) in [5, 5.41) is 14.0. The van der Waals surface area contributed by atoms with Gasteiger partial charge < -0.3 is 11.1 Å². The summed E-state index contributed by atoms with van der Waals surface area (Å²) >= 11 is 0. The number of nitrogens with one attached hydrogen (secondary N) is 1. The van der Waals surface area contributed by atoms with Gasteiger partial charge in [0.2, 0.25) is 5.91 Å². The molecule has 0 fully saturated rings. The lowest BCUT2D eigenvalue weighted by Crippen LogP contribution is -2.12. The molecule has 0 heterocycles. The fourth-order valence-electron chi connectivity index (χ4n) is 2.01. The van der Waals surface area contributed by atoms with Gasteiger partial charge in [0.1, 0.15) is 5.69 Å². The van der Waals surface area contributed by atoms with Gasteiger partial charge in [0.25, 0.3) is 5.69 Å². The quantitative estimate of drug-likeness (QED) is 0.651. The van der Waals surface area contributed by atoms with Gasteiger partial charge in [0.05, 0.1) is 4.92 Å². The Morgan fingerprint density at radius 3 is 2.67 bits per heavy atom. The maximum absolute atomic E-state index is 11.2. The fraction of sp³-hybridized carbons (Fsp3) is 0.133. The predicted molar refractivity (Wildman–Crippen MR) is 80.1 cm³/mol. The number of benzene rings is 2. The highest BCUT2D eigenvalue weighted by Crippen LogP contribution is 2.26. The minimum atomic E-state index is -0.622. The van der Waals surface area contributed by atoms with E-state index in [-0.39, 0.29) is 16.9 Å². The molecule has 0 aliphatic heterocycles. The number of carbonyl (C=O) groups is 1.